The van der Waals surface area contributed by atoms with Crippen LogP contribution in [0, 0.1) is 6.92 Å². The highest BCUT2D eigenvalue weighted by Crippen LogP contribution is 2.31. The van der Waals surface area contributed by atoms with E-state index in [2.05, 4.69) is 29.6 Å². The highest BCUT2D eigenvalue weighted by atomic mass is 15.2. The van der Waals surface area contributed by atoms with Crippen LogP contribution in [0.1, 0.15) is 62.4 Å². The monoisotopic (exact) mass is 261 g/mol. The summed E-state index contributed by atoms with van der Waals surface area (Å²) in [4.78, 5) is 7.51. The first-order valence-electron chi connectivity index (χ1n) is 7.98. The zero-order chi connectivity index (χ0) is 13.2. The normalized spacial score (nSPS) is 26.7. The van der Waals surface area contributed by atoms with Gasteiger partial charge in [0.25, 0.3) is 0 Å². The first kappa shape index (κ1) is 13.2. The summed E-state index contributed by atoms with van der Waals surface area (Å²) in [5.41, 5.74) is 1.16. The molecule has 1 aromatic rings. The van der Waals surface area contributed by atoms with Crippen LogP contribution in [-0.2, 0) is 7.05 Å². The maximum absolute atomic E-state index is 4.75. The molecule has 0 bridgehead atoms. The first-order chi connectivity index (χ1) is 9.24. The largest absolute Gasteiger partial charge is 0.337 e. The van der Waals surface area contributed by atoms with Crippen LogP contribution < -0.4 is 0 Å². The summed E-state index contributed by atoms with van der Waals surface area (Å²) in [6.45, 7) is 4.64. The van der Waals surface area contributed by atoms with Gasteiger partial charge in [0, 0.05) is 31.7 Å². The summed E-state index contributed by atoms with van der Waals surface area (Å²) in [6.07, 6.45) is 12.0. The van der Waals surface area contributed by atoms with Gasteiger partial charge in [-0.15, -0.1) is 0 Å². The number of likely N-dealkylation sites (tertiary alicyclic amines) is 1. The summed E-state index contributed by atoms with van der Waals surface area (Å²) in [5.74, 6) is 1.95. The number of hydrogen-bond acceptors (Lipinski definition) is 2. The Bertz CT molecular complexity index is 418. The fraction of sp³-hybridized carbons (Fsp3) is 0.812. The number of aryl methyl sites for hydroxylation is 2. The van der Waals surface area contributed by atoms with Crippen molar-refractivity contribution in [1.29, 1.82) is 0 Å². The Hall–Kier alpha value is -0.830. The van der Waals surface area contributed by atoms with Gasteiger partial charge in [0.2, 0.25) is 0 Å². The number of rotatable bonds is 2. The van der Waals surface area contributed by atoms with Crippen LogP contribution in [0.5, 0.6) is 0 Å². The zero-order valence-corrected chi connectivity index (χ0v) is 12.4. The molecule has 106 valence electrons. The molecule has 0 N–H and O–H groups in total. The van der Waals surface area contributed by atoms with E-state index in [1.54, 1.807) is 0 Å². The van der Waals surface area contributed by atoms with E-state index in [1.165, 1.54) is 63.9 Å². The predicted molar refractivity (Wildman–Crippen MR) is 78.4 cm³/mol. The molecule has 0 spiro atoms. The number of hydrogen-bond donors (Lipinski definition) is 0. The molecule has 1 aliphatic carbocycles. The summed E-state index contributed by atoms with van der Waals surface area (Å²) < 4.78 is 2.24. The van der Waals surface area contributed by atoms with Gasteiger partial charge in [0.15, 0.2) is 0 Å². The molecule has 0 unspecified atom stereocenters. The van der Waals surface area contributed by atoms with Crippen molar-refractivity contribution in [2.45, 2.75) is 63.8 Å². The third-order valence-corrected chi connectivity index (χ3v) is 4.94. The molecule has 3 nitrogen and oxygen atoms in total. The van der Waals surface area contributed by atoms with Gasteiger partial charge < -0.3 is 4.57 Å². The summed E-state index contributed by atoms with van der Waals surface area (Å²) in [7, 11) is 2.15. The van der Waals surface area contributed by atoms with Crippen molar-refractivity contribution in [2.75, 3.05) is 13.1 Å². The van der Waals surface area contributed by atoms with Gasteiger partial charge >= 0.3 is 0 Å². The van der Waals surface area contributed by atoms with Crippen molar-refractivity contribution >= 4 is 0 Å². The van der Waals surface area contributed by atoms with E-state index >= 15 is 0 Å². The van der Waals surface area contributed by atoms with E-state index in [-0.39, 0.29) is 0 Å². The van der Waals surface area contributed by atoms with E-state index in [0.29, 0.717) is 5.92 Å². The molecule has 1 saturated heterocycles. The van der Waals surface area contributed by atoms with Gasteiger partial charge in [0.05, 0.1) is 5.69 Å². The minimum absolute atomic E-state index is 0.648. The Morgan fingerprint density at radius 2 is 1.89 bits per heavy atom. The Morgan fingerprint density at radius 3 is 2.58 bits per heavy atom. The van der Waals surface area contributed by atoms with Crippen molar-refractivity contribution in [3.8, 4) is 0 Å². The lowest BCUT2D eigenvalue weighted by Gasteiger charge is -2.39. The van der Waals surface area contributed by atoms with Crippen LogP contribution in [0.2, 0.25) is 0 Å². The van der Waals surface area contributed by atoms with Crippen LogP contribution in [0.15, 0.2) is 6.20 Å². The quantitative estimate of drug-likeness (QED) is 0.815. The molecule has 1 aliphatic heterocycles. The number of aromatic nitrogens is 2. The van der Waals surface area contributed by atoms with Gasteiger partial charge in [-0.3, -0.25) is 4.90 Å². The van der Waals surface area contributed by atoms with Crippen LogP contribution in [0.4, 0.5) is 0 Å². The van der Waals surface area contributed by atoms with E-state index < -0.39 is 0 Å². The van der Waals surface area contributed by atoms with Gasteiger partial charge in [-0.2, -0.15) is 0 Å². The molecule has 0 aromatic carbocycles. The third kappa shape index (κ3) is 2.86. The fourth-order valence-electron chi connectivity index (χ4n) is 4.01. The van der Waals surface area contributed by atoms with E-state index in [0.717, 1.165) is 11.7 Å². The Balaban J connectivity index is 1.69. The molecule has 1 saturated carbocycles. The van der Waals surface area contributed by atoms with Crippen molar-refractivity contribution in [3.05, 3.63) is 17.7 Å². The molecule has 3 heteroatoms. The topological polar surface area (TPSA) is 21.1 Å². The molecule has 0 radical (unpaired) electrons. The van der Waals surface area contributed by atoms with Crippen molar-refractivity contribution in [3.63, 3.8) is 0 Å². The van der Waals surface area contributed by atoms with Crippen LogP contribution in [0.3, 0.4) is 0 Å². The average Bonchev–Trinajstić information content (AvgIpc) is 2.79. The maximum Gasteiger partial charge on any atom is 0.113 e. The highest BCUT2D eigenvalue weighted by molar-refractivity contribution is 5.08. The lowest BCUT2D eigenvalue weighted by atomic mass is 9.90. The van der Waals surface area contributed by atoms with Crippen LogP contribution >= 0.6 is 0 Å². The first-order valence-corrected chi connectivity index (χ1v) is 7.98. The second-order valence-corrected chi connectivity index (χ2v) is 6.48. The average molecular weight is 261 g/mol. The fourth-order valence-corrected chi connectivity index (χ4v) is 4.01. The standard InChI is InChI=1S/C16H27N3/c1-13-11-18(2)16(17-13)14-7-6-10-19(12-14)15-8-4-3-5-9-15/h11,14-15H,3-10,12H2,1-2H3/t14-/m1/s1. The summed E-state index contributed by atoms with van der Waals surface area (Å²) in [6, 6.07) is 0.859. The van der Waals surface area contributed by atoms with Crippen molar-refractivity contribution in [2.24, 2.45) is 7.05 Å². The van der Waals surface area contributed by atoms with Crippen LogP contribution in [0.25, 0.3) is 0 Å². The molecule has 2 fully saturated rings. The van der Waals surface area contributed by atoms with Gasteiger partial charge in [-0.25, -0.2) is 4.98 Å². The van der Waals surface area contributed by atoms with Gasteiger partial charge in [0.1, 0.15) is 5.82 Å². The summed E-state index contributed by atoms with van der Waals surface area (Å²) in [5, 5.41) is 0. The number of imidazole rings is 1. The predicted octanol–water partition coefficient (Wildman–Crippen LogP) is 3.24. The summed E-state index contributed by atoms with van der Waals surface area (Å²) >= 11 is 0. The molecule has 3 rings (SSSR count). The van der Waals surface area contributed by atoms with Crippen molar-refractivity contribution < 1.29 is 0 Å². The molecule has 1 atom stereocenters. The SMILES string of the molecule is Cc1cn(C)c([C@@H]2CCCN(C3CCCCC3)C2)n1. The van der Waals surface area contributed by atoms with Gasteiger partial charge in [-0.05, 0) is 39.2 Å². The number of nitrogens with zero attached hydrogens (tertiary/aromatic N) is 3. The smallest absolute Gasteiger partial charge is 0.113 e. The molecule has 2 aliphatic rings. The van der Waals surface area contributed by atoms with Gasteiger partial charge in [-0.1, -0.05) is 19.3 Å². The molecule has 19 heavy (non-hydrogen) atoms. The third-order valence-electron chi connectivity index (χ3n) is 4.94. The van der Waals surface area contributed by atoms with Crippen molar-refractivity contribution in [1.82, 2.24) is 14.5 Å². The van der Waals surface area contributed by atoms with E-state index in [1.807, 2.05) is 0 Å². The Kier molecular flexibility index (Phi) is 3.92. The Morgan fingerprint density at radius 1 is 1.11 bits per heavy atom. The number of piperidine rings is 1. The lowest BCUT2D eigenvalue weighted by molar-refractivity contribution is 0.116. The molecular weight excluding hydrogens is 234 g/mol. The molecular formula is C16H27N3. The highest BCUT2D eigenvalue weighted by Gasteiger charge is 2.29. The minimum Gasteiger partial charge on any atom is -0.337 e. The second-order valence-electron chi connectivity index (χ2n) is 6.48. The second kappa shape index (κ2) is 5.66. The molecule has 0 amide bonds. The minimum atomic E-state index is 0.648. The molecule has 2 heterocycles. The zero-order valence-electron chi connectivity index (χ0n) is 12.4. The molecule has 1 aromatic heterocycles. The van der Waals surface area contributed by atoms with E-state index in [9.17, 15) is 0 Å². The van der Waals surface area contributed by atoms with E-state index in [4.69, 9.17) is 4.98 Å². The lowest BCUT2D eigenvalue weighted by Crippen LogP contribution is -2.43. The Labute approximate surface area is 117 Å². The maximum atomic E-state index is 4.75. The van der Waals surface area contributed by atoms with Crippen LogP contribution in [-0.4, -0.2) is 33.6 Å².